The fourth-order valence-corrected chi connectivity index (χ4v) is 2.99. The van der Waals surface area contributed by atoms with Gasteiger partial charge in [-0.25, -0.2) is 9.97 Å². The van der Waals surface area contributed by atoms with Gasteiger partial charge in [-0.15, -0.1) is 0 Å². The van der Waals surface area contributed by atoms with Crippen LogP contribution in [0.25, 0.3) is 11.0 Å². The van der Waals surface area contributed by atoms with E-state index in [9.17, 15) is 9.18 Å². The van der Waals surface area contributed by atoms with Crippen LogP contribution >= 0.6 is 0 Å². The summed E-state index contributed by atoms with van der Waals surface area (Å²) in [5.74, 6) is -1.19. The molecule has 6 heteroatoms. The van der Waals surface area contributed by atoms with E-state index in [2.05, 4.69) is 19.9 Å². The van der Waals surface area contributed by atoms with Gasteiger partial charge in [0.2, 0.25) is 5.95 Å². The first kappa shape index (κ1) is 17.0. The van der Waals surface area contributed by atoms with Crippen LogP contribution in [0.5, 0.6) is 0 Å². The van der Waals surface area contributed by atoms with Crippen molar-refractivity contribution >= 4 is 16.8 Å². The van der Waals surface area contributed by atoms with Crippen molar-refractivity contribution in [3.05, 3.63) is 88.5 Å². The van der Waals surface area contributed by atoms with E-state index in [4.69, 9.17) is 0 Å². The number of aryl methyl sites for hydroxylation is 2. The Kier molecular flexibility index (Phi) is 4.24. The first-order valence-corrected chi connectivity index (χ1v) is 8.56. The Hall–Kier alpha value is -3.41. The average Bonchev–Trinajstić information content (AvgIpc) is 3.06. The van der Waals surface area contributed by atoms with E-state index >= 15 is 0 Å². The van der Waals surface area contributed by atoms with Crippen LogP contribution in [0.2, 0.25) is 0 Å². The SMILES string of the molecule is Cc1cnc2[nH]cc(C(=O)c3ccc(Cc4ccc(C)nc4)nc3F)c2c1. The molecule has 0 radical (unpaired) electrons. The molecule has 0 unspecified atom stereocenters. The second-order valence-electron chi connectivity index (χ2n) is 6.57. The van der Waals surface area contributed by atoms with E-state index in [0.717, 1.165) is 16.8 Å². The van der Waals surface area contributed by atoms with Crippen LogP contribution < -0.4 is 0 Å². The number of carbonyl (C=O) groups is 1. The zero-order valence-electron chi connectivity index (χ0n) is 15.0. The van der Waals surface area contributed by atoms with E-state index < -0.39 is 11.7 Å². The highest BCUT2D eigenvalue weighted by Crippen LogP contribution is 2.22. The first-order chi connectivity index (χ1) is 13.0. The monoisotopic (exact) mass is 360 g/mol. The van der Waals surface area contributed by atoms with E-state index in [1.54, 1.807) is 24.7 Å². The maximum atomic E-state index is 14.6. The number of ketones is 1. The summed E-state index contributed by atoms with van der Waals surface area (Å²) in [5, 5.41) is 0.675. The minimum absolute atomic E-state index is 0.0526. The van der Waals surface area contributed by atoms with Crippen molar-refractivity contribution in [3.63, 3.8) is 0 Å². The highest BCUT2D eigenvalue weighted by molar-refractivity contribution is 6.15. The summed E-state index contributed by atoms with van der Waals surface area (Å²) in [7, 11) is 0. The Labute approximate surface area is 155 Å². The topological polar surface area (TPSA) is 71.5 Å². The molecule has 0 fully saturated rings. The number of nitrogens with zero attached hydrogens (tertiary/aromatic N) is 3. The first-order valence-electron chi connectivity index (χ1n) is 8.56. The molecule has 4 aromatic heterocycles. The zero-order chi connectivity index (χ0) is 19.0. The number of carbonyl (C=O) groups excluding carboxylic acids is 1. The molecule has 27 heavy (non-hydrogen) atoms. The molecule has 4 heterocycles. The van der Waals surface area contributed by atoms with Gasteiger partial charge in [0.15, 0.2) is 5.78 Å². The number of fused-ring (bicyclic) bond motifs is 1. The normalized spacial score (nSPS) is 11.1. The summed E-state index contributed by atoms with van der Waals surface area (Å²) in [6.07, 6.45) is 5.47. The standard InChI is InChI=1S/C21H17FN4O/c1-12-7-17-18(11-25-21(17)24-9-12)19(27)16-6-5-15(26-20(16)22)8-14-4-3-13(2)23-10-14/h3-7,9-11H,8H2,1-2H3,(H,24,25). The smallest absolute Gasteiger partial charge is 0.224 e. The van der Waals surface area contributed by atoms with Gasteiger partial charge in [0.1, 0.15) is 5.65 Å². The maximum Gasteiger partial charge on any atom is 0.224 e. The average molecular weight is 360 g/mol. The molecule has 0 aliphatic heterocycles. The van der Waals surface area contributed by atoms with Gasteiger partial charge in [-0.3, -0.25) is 9.78 Å². The van der Waals surface area contributed by atoms with Gasteiger partial charge in [-0.05, 0) is 49.2 Å². The second-order valence-corrected chi connectivity index (χ2v) is 6.57. The number of aromatic nitrogens is 4. The van der Waals surface area contributed by atoms with E-state index in [1.807, 2.05) is 32.0 Å². The highest BCUT2D eigenvalue weighted by atomic mass is 19.1. The summed E-state index contributed by atoms with van der Waals surface area (Å²) in [6.45, 7) is 3.80. The van der Waals surface area contributed by atoms with Crippen LogP contribution in [0.3, 0.4) is 0 Å². The molecule has 134 valence electrons. The number of H-pyrrole nitrogens is 1. The molecule has 0 amide bonds. The lowest BCUT2D eigenvalue weighted by atomic mass is 10.0. The number of nitrogens with one attached hydrogen (secondary N) is 1. The third kappa shape index (κ3) is 3.33. The lowest BCUT2D eigenvalue weighted by molar-refractivity contribution is 0.103. The molecule has 4 aromatic rings. The van der Waals surface area contributed by atoms with E-state index in [0.29, 0.717) is 28.7 Å². The molecule has 0 spiro atoms. The van der Waals surface area contributed by atoms with Gasteiger partial charge in [-0.2, -0.15) is 4.39 Å². The number of aromatic amines is 1. The molecule has 5 nitrogen and oxygen atoms in total. The molecule has 0 aliphatic carbocycles. The van der Waals surface area contributed by atoms with Gasteiger partial charge in [0, 0.05) is 47.3 Å². The van der Waals surface area contributed by atoms with Crippen molar-refractivity contribution in [2.24, 2.45) is 0 Å². The molecule has 4 rings (SSSR count). The van der Waals surface area contributed by atoms with Crippen LogP contribution in [-0.4, -0.2) is 25.7 Å². The van der Waals surface area contributed by atoms with Gasteiger partial charge in [0.05, 0.1) is 5.56 Å². The molecular weight excluding hydrogens is 343 g/mol. The minimum atomic E-state index is -0.771. The molecule has 0 saturated heterocycles. The second kappa shape index (κ2) is 6.72. The molecule has 0 bridgehead atoms. The lowest BCUT2D eigenvalue weighted by Gasteiger charge is -2.05. The van der Waals surface area contributed by atoms with Crippen molar-refractivity contribution in [2.45, 2.75) is 20.3 Å². The zero-order valence-corrected chi connectivity index (χ0v) is 15.0. The summed E-state index contributed by atoms with van der Waals surface area (Å²) in [6, 6.07) is 8.85. The highest BCUT2D eigenvalue weighted by Gasteiger charge is 2.19. The Bertz CT molecular complexity index is 1150. The van der Waals surface area contributed by atoms with Crippen molar-refractivity contribution in [2.75, 3.05) is 0 Å². The largest absolute Gasteiger partial charge is 0.345 e. The Morgan fingerprint density at radius 1 is 1.07 bits per heavy atom. The predicted molar refractivity (Wildman–Crippen MR) is 100 cm³/mol. The number of rotatable bonds is 4. The summed E-state index contributed by atoms with van der Waals surface area (Å²) >= 11 is 0. The van der Waals surface area contributed by atoms with Crippen LogP contribution in [0, 0.1) is 19.8 Å². The van der Waals surface area contributed by atoms with Crippen LogP contribution in [0.1, 0.15) is 38.4 Å². The Morgan fingerprint density at radius 2 is 1.93 bits per heavy atom. The fourth-order valence-electron chi connectivity index (χ4n) is 2.99. The third-order valence-electron chi connectivity index (χ3n) is 4.42. The van der Waals surface area contributed by atoms with Crippen molar-refractivity contribution < 1.29 is 9.18 Å². The quantitative estimate of drug-likeness (QED) is 0.442. The van der Waals surface area contributed by atoms with Crippen LogP contribution in [0.15, 0.2) is 48.9 Å². The molecule has 0 atom stereocenters. The van der Waals surface area contributed by atoms with Gasteiger partial charge in [0.25, 0.3) is 0 Å². The van der Waals surface area contributed by atoms with Gasteiger partial charge >= 0.3 is 0 Å². The number of hydrogen-bond donors (Lipinski definition) is 1. The lowest BCUT2D eigenvalue weighted by Crippen LogP contribution is -2.07. The van der Waals surface area contributed by atoms with Gasteiger partial charge in [-0.1, -0.05) is 6.07 Å². The molecule has 1 N–H and O–H groups in total. The molecule has 0 aromatic carbocycles. The fraction of sp³-hybridized carbons (Fsp3) is 0.143. The molecular formula is C21H17FN4O. The maximum absolute atomic E-state index is 14.6. The van der Waals surface area contributed by atoms with E-state index in [-0.39, 0.29) is 5.56 Å². The predicted octanol–water partition coefficient (Wildman–Crippen LogP) is 3.93. The summed E-state index contributed by atoms with van der Waals surface area (Å²) in [5.41, 5.74) is 4.26. The summed E-state index contributed by atoms with van der Waals surface area (Å²) in [4.78, 5) is 28.2. The van der Waals surface area contributed by atoms with Crippen molar-refractivity contribution in [3.8, 4) is 0 Å². The van der Waals surface area contributed by atoms with Crippen molar-refractivity contribution in [1.29, 1.82) is 0 Å². The van der Waals surface area contributed by atoms with Crippen LogP contribution in [0.4, 0.5) is 4.39 Å². The number of pyridine rings is 3. The Morgan fingerprint density at radius 3 is 2.67 bits per heavy atom. The van der Waals surface area contributed by atoms with Crippen molar-refractivity contribution in [1.82, 2.24) is 19.9 Å². The van der Waals surface area contributed by atoms with E-state index in [1.165, 1.54) is 6.07 Å². The van der Waals surface area contributed by atoms with Gasteiger partial charge < -0.3 is 4.98 Å². The summed E-state index contributed by atoms with van der Waals surface area (Å²) < 4.78 is 14.6. The Balaban J connectivity index is 1.64. The number of hydrogen-bond acceptors (Lipinski definition) is 4. The minimum Gasteiger partial charge on any atom is -0.345 e. The molecule has 0 saturated carbocycles. The third-order valence-corrected chi connectivity index (χ3v) is 4.42. The number of halogens is 1. The van der Waals surface area contributed by atoms with Crippen LogP contribution in [-0.2, 0) is 6.42 Å². The molecule has 0 aliphatic rings.